The molecule has 0 fully saturated rings. The number of nitrogens with one attached hydrogen (secondary N) is 1. The Labute approximate surface area is 108 Å². The first-order valence-corrected chi connectivity index (χ1v) is 8.49. The molecule has 0 amide bonds. The van der Waals surface area contributed by atoms with Crippen molar-refractivity contribution in [3.05, 3.63) is 0 Å². The van der Waals surface area contributed by atoms with Crippen LogP contribution in [-0.2, 0) is 19.4 Å². The van der Waals surface area contributed by atoms with Gasteiger partial charge >= 0.3 is 5.97 Å². The zero-order valence-electron chi connectivity index (χ0n) is 10.8. The lowest BCUT2D eigenvalue weighted by atomic mass is 10.00. The van der Waals surface area contributed by atoms with Gasteiger partial charge in [-0.15, -0.1) is 0 Å². The van der Waals surface area contributed by atoms with Crippen molar-refractivity contribution in [2.75, 3.05) is 37.7 Å². The van der Waals surface area contributed by atoms with Crippen LogP contribution in [0.3, 0.4) is 0 Å². The van der Waals surface area contributed by atoms with Gasteiger partial charge in [0.05, 0.1) is 12.9 Å². The summed E-state index contributed by atoms with van der Waals surface area (Å²) >= 11 is 1.52. The summed E-state index contributed by atoms with van der Waals surface area (Å²) < 4.78 is 26.5. The lowest BCUT2D eigenvalue weighted by Crippen LogP contribution is -2.48. The maximum absolute atomic E-state index is 11.5. The molecule has 1 unspecified atom stereocenters. The standard InChI is InChI=1S/C10H21NO4S2/c1-10(11-2,9(12)15-3)5-6-16-7-8-17(4,13)14/h11H,5-8H2,1-4H3. The van der Waals surface area contributed by atoms with Gasteiger partial charge < -0.3 is 10.1 Å². The van der Waals surface area contributed by atoms with Crippen LogP contribution in [0.1, 0.15) is 13.3 Å². The van der Waals surface area contributed by atoms with Gasteiger partial charge in [-0.25, -0.2) is 8.42 Å². The van der Waals surface area contributed by atoms with Crippen LogP contribution in [0.5, 0.6) is 0 Å². The summed E-state index contributed by atoms with van der Waals surface area (Å²) in [6, 6.07) is 0. The molecule has 5 nitrogen and oxygen atoms in total. The van der Waals surface area contributed by atoms with Crippen LogP contribution in [0, 0.1) is 0 Å². The minimum absolute atomic E-state index is 0.173. The summed E-state index contributed by atoms with van der Waals surface area (Å²) in [5.74, 6) is 1.14. The topological polar surface area (TPSA) is 72.5 Å². The van der Waals surface area contributed by atoms with Gasteiger partial charge in [-0.2, -0.15) is 11.8 Å². The molecule has 0 saturated carbocycles. The van der Waals surface area contributed by atoms with Gasteiger partial charge in [0.2, 0.25) is 0 Å². The maximum Gasteiger partial charge on any atom is 0.325 e. The molecule has 0 aliphatic heterocycles. The second-order valence-electron chi connectivity index (χ2n) is 4.07. The fourth-order valence-electron chi connectivity index (χ4n) is 1.14. The van der Waals surface area contributed by atoms with Gasteiger partial charge in [-0.05, 0) is 26.1 Å². The van der Waals surface area contributed by atoms with Gasteiger partial charge in [-0.1, -0.05) is 0 Å². The van der Waals surface area contributed by atoms with Crippen LogP contribution in [0.2, 0.25) is 0 Å². The summed E-state index contributed by atoms with van der Waals surface area (Å²) in [6.07, 6.45) is 1.82. The zero-order valence-corrected chi connectivity index (χ0v) is 12.4. The molecule has 0 radical (unpaired) electrons. The average Bonchev–Trinajstić information content (AvgIpc) is 2.25. The Bertz CT molecular complexity index is 342. The highest BCUT2D eigenvalue weighted by atomic mass is 32.2. The second kappa shape index (κ2) is 7.23. The van der Waals surface area contributed by atoms with Crippen molar-refractivity contribution in [1.82, 2.24) is 5.32 Å². The third-order valence-corrected chi connectivity index (χ3v) is 4.72. The van der Waals surface area contributed by atoms with Crippen molar-refractivity contribution in [2.45, 2.75) is 18.9 Å². The molecule has 0 bridgehead atoms. The number of carbonyl (C=O) groups excluding carboxylic acids is 1. The van der Waals surface area contributed by atoms with E-state index in [0.717, 1.165) is 0 Å². The summed E-state index contributed by atoms with van der Waals surface area (Å²) in [5.41, 5.74) is -0.702. The molecule has 0 aromatic rings. The lowest BCUT2D eigenvalue weighted by Gasteiger charge is -2.25. The first-order valence-electron chi connectivity index (χ1n) is 5.28. The Hall–Kier alpha value is -0.270. The summed E-state index contributed by atoms with van der Waals surface area (Å²) in [7, 11) is 0.168. The predicted octanol–water partition coefficient (Wildman–Crippen LogP) is 0.305. The third kappa shape index (κ3) is 6.90. The van der Waals surface area contributed by atoms with Crippen molar-refractivity contribution < 1.29 is 17.9 Å². The number of esters is 1. The normalized spacial score (nSPS) is 15.3. The maximum atomic E-state index is 11.5. The summed E-state index contributed by atoms with van der Waals surface area (Å²) in [6.45, 7) is 1.77. The van der Waals surface area contributed by atoms with Crippen LogP contribution < -0.4 is 5.32 Å². The van der Waals surface area contributed by atoms with Crippen molar-refractivity contribution in [3.63, 3.8) is 0 Å². The van der Waals surface area contributed by atoms with Crippen LogP contribution in [0.4, 0.5) is 0 Å². The van der Waals surface area contributed by atoms with E-state index in [0.29, 0.717) is 17.9 Å². The molecular formula is C10H21NO4S2. The molecule has 0 saturated heterocycles. The minimum atomic E-state index is -2.89. The molecule has 102 valence electrons. The van der Waals surface area contributed by atoms with Crippen molar-refractivity contribution in [1.29, 1.82) is 0 Å². The van der Waals surface area contributed by atoms with E-state index in [4.69, 9.17) is 4.74 Å². The highest BCUT2D eigenvalue weighted by Gasteiger charge is 2.31. The van der Waals surface area contributed by atoms with Crippen molar-refractivity contribution in [3.8, 4) is 0 Å². The number of rotatable bonds is 8. The highest BCUT2D eigenvalue weighted by Crippen LogP contribution is 2.15. The molecule has 1 atom stereocenters. The van der Waals surface area contributed by atoms with E-state index in [-0.39, 0.29) is 11.7 Å². The van der Waals surface area contributed by atoms with E-state index in [9.17, 15) is 13.2 Å². The van der Waals surface area contributed by atoms with Crippen molar-refractivity contribution >= 4 is 27.6 Å². The lowest BCUT2D eigenvalue weighted by molar-refractivity contribution is -0.147. The average molecular weight is 283 g/mol. The molecule has 0 spiro atoms. The molecule has 7 heteroatoms. The molecule has 17 heavy (non-hydrogen) atoms. The van der Waals surface area contributed by atoms with E-state index in [1.54, 1.807) is 14.0 Å². The minimum Gasteiger partial charge on any atom is -0.468 e. The number of methoxy groups -OCH3 is 1. The molecule has 0 aromatic carbocycles. The third-order valence-electron chi connectivity index (χ3n) is 2.53. The van der Waals surface area contributed by atoms with Gasteiger partial charge in [0.15, 0.2) is 0 Å². The number of likely N-dealkylation sites (N-methyl/N-ethyl adjacent to an activating group) is 1. The molecule has 0 rings (SSSR count). The molecule has 0 aliphatic carbocycles. The quantitative estimate of drug-likeness (QED) is 0.510. The number of hydrogen-bond donors (Lipinski definition) is 1. The Balaban J connectivity index is 3.97. The fourth-order valence-corrected chi connectivity index (χ4v) is 3.58. The van der Waals surface area contributed by atoms with Crippen LogP contribution >= 0.6 is 11.8 Å². The predicted molar refractivity (Wildman–Crippen MR) is 71.1 cm³/mol. The van der Waals surface area contributed by atoms with Crippen LogP contribution in [0.25, 0.3) is 0 Å². The second-order valence-corrected chi connectivity index (χ2v) is 7.55. The van der Waals surface area contributed by atoms with E-state index in [2.05, 4.69) is 5.32 Å². The molecule has 0 aromatic heterocycles. The largest absolute Gasteiger partial charge is 0.468 e. The number of carbonyl (C=O) groups is 1. The van der Waals surface area contributed by atoms with Crippen LogP contribution in [-0.4, -0.2) is 57.6 Å². The van der Waals surface area contributed by atoms with Gasteiger partial charge in [0.1, 0.15) is 15.4 Å². The van der Waals surface area contributed by atoms with E-state index in [1.807, 2.05) is 0 Å². The Morgan fingerprint density at radius 1 is 1.41 bits per heavy atom. The van der Waals surface area contributed by atoms with Crippen molar-refractivity contribution in [2.24, 2.45) is 0 Å². The van der Waals surface area contributed by atoms with E-state index in [1.165, 1.54) is 25.1 Å². The van der Waals surface area contributed by atoms with E-state index >= 15 is 0 Å². The monoisotopic (exact) mass is 283 g/mol. The SMILES string of the molecule is CNC(C)(CCSCCS(C)(=O)=O)C(=O)OC. The molecule has 1 N–H and O–H groups in total. The van der Waals surface area contributed by atoms with Gasteiger partial charge in [0.25, 0.3) is 0 Å². The smallest absolute Gasteiger partial charge is 0.325 e. The number of thioether (sulfide) groups is 1. The molecule has 0 heterocycles. The zero-order chi connectivity index (χ0) is 13.5. The molecular weight excluding hydrogens is 262 g/mol. The van der Waals surface area contributed by atoms with Gasteiger partial charge in [0, 0.05) is 12.0 Å². The number of ether oxygens (including phenoxy) is 1. The Morgan fingerprint density at radius 3 is 2.41 bits per heavy atom. The summed E-state index contributed by atoms with van der Waals surface area (Å²) in [4.78, 5) is 11.5. The first kappa shape index (κ1) is 16.7. The number of hydrogen-bond acceptors (Lipinski definition) is 6. The van der Waals surface area contributed by atoms with Gasteiger partial charge in [-0.3, -0.25) is 4.79 Å². The molecule has 0 aliphatic rings. The fraction of sp³-hybridized carbons (Fsp3) is 0.900. The Kier molecular flexibility index (Phi) is 7.11. The highest BCUT2D eigenvalue weighted by molar-refractivity contribution is 8.00. The first-order chi connectivity index (χ1) is 7.75. The van der Waals surface area contributed by atoms with Crippen LogP contribution in [0.15, 0.2) is 0 Å². The Morgan fingerprint density at radius 2 is 2.00 bits per heavy atom. The van der Waals surface area contributed by atoms with E-state index < -0.39 is 15.4 Å². The number of sulfone groups is 1. The summed E-state index contributed by atoms with van der Waals surface area (Å²) in [5, 5.41) is 2.93.